The maximum atomic E-state index is 13.8. The van der Waals surface area contributed by atoms with Gasteiger partial charge in [-0.15, -0.1) is 0 Å². The molecule has 0 saturated heterocycles. The van der Waals surface area contributed by atoms with Crippen molar-refractivity contribution >= 4 is 40.6 Å². The molecule has 3 aliphatic rings. The predicted octanol–water partition coefficient (Wildman–Crippen LogP) is 3.72. The van der Waals surface area contributed by atoms with Crippen LogP contribution in [0.25, 0.3) is 0 Å². The number of nitrogens with two attached hydrogens (primary N) is 1. The predicted molar refractivity (Wildman–Crippen MR) is 131 cm³/mol. The van der Waals surface area contributed by atoms with Crippen molar-refractivity contribution in [1.29, 1.82) is 0 Å². The Kier molecular flexibility index (Phi) is 5.36. The summed E-state index contributed by atoms with van der Waals surface area (Å²) in [6.45, 7) is 1.83. The highest BCUT2D eigenvalue weighted by atomic mass is 35.5. The number of nitrogens with zero attached hydrogens (tertiary/aromatic N) is 1. The lowest BCUT2D eigenvalue weighted by Crippen LogP contribution is -2.53. The molecular formula is C26H24ClN3O5. The monoisotopic (exact) mass is 493 g/mol. The molecule has 1 unspecified atom stereocenters. The van der Waals surface area contributed by atoms with Crippen LogP contribution in [0, 0.1) is 6.92 Å². The smallest absolute Gasteiger partial charge is 0.339 e. The molecule has 2 heterocycles. The molecule has 8 nitrogen and oxygen atoms in total. The number of halogens is 1. The molecular weight excluding hydrogens is 470 g/mol. The lowest BCUT2D eigenvalue weighted by atomic mass is 9.63. The van der Waals surface area contributed by atoms with Crippen LogP contribution >= 0.6 is 11.6 Å². The Morgan fingerprint density at radius 3 is 2.63 bits per heavy atom. The molecule has 5 rings (SSSR count). The second-order valence-corrected chi connectivity index (χ2v) is 9.12. The molecule has 180 valence electrons. The van der Waals surface area contributed by atoms with Crippen molar-refractivity contribution in [2.45, 2.75) is 31.6 Å². The lowest BCUT2D eigenvalue weighted by molar-refractivity contribution is -0.138. The van der Waals surface area contributed by atoms with Gasteiger partial charge in [0.1, 0.15) is 22.6 Å². The molecule has 2 aliphatic heterocycles. The van der Waals surface area contributed by atoms with Crippen LogP contribution in [0.15, 0.2) is 59.1 Å². The van der Waals surface area contributed by atoms with Gasteiger partial charge in [0, 0.05) is 40.0 Å². The topological polar surface area (TPSA) is 111 Å². The first-order chi connectivity index (χ1) is 16.8. The molecule has 1 amide bonds. The fourth-order valence-corrected chi connectivity index (χ4v) is 5.58. The largest absolute Gasteiger partial charge is 0.495 e. The number of carbonyl (C=O) groups is 3. The average Bonchev–Trinajstić information content (AvgIpc) is 3.12. The molecule has 1 aliphatic carbocycles. The molecule has 0 radical (unpaired) electrons. The summed E-state index contributed by atoms with van der Waals surface area (Å²) < 4.78 is 10.7. The number of benzene rings is 2. The van der Waals surface area contributed by atoms with Crippen LogP contribution in [0.3, 0.4) is 0 Å². The zero-order valence-corrected chi connectivity index (χ0v) is 20.3. The minimum Gasteiger partial charge on any atom is -0.495 e. The van der Waals surface area contributed by atoms with Gasteiger partial charge in [-0.05, 0) is 37.5 Å². The van der Waals surface area contributed by atoms with E-state index in [-0.39, 0.29) is 29.2 Å². The third-order valence-electron chi connectivity index (χ3n) is 6.91. The summed E-state index contributed by atoms with van der Waals surface area (Å²) in [5, 5.41) is 3.34. The van der Waals surface area contributed by atoms with Crippen molar-refractivity contribution in [2.75, 3.05) is 24.4 Å². The van der Waals surface area contributed by atoms with Crippen molar-refractivity contribution in [3.63, 3.8) is 0 Å². The molecule has 35 heavy (non-hydrogen) atoms. The van der Waals surface area contributed by atoms with Gasteiger partial charge in [-0.3, -0.25) is 14.5 Å². The van der Waals surface area contributed by atoms with Crippen LogP contribution in [0.5, 0.6) is 5.75 Å². The number of allylic oxidation sites excluding steroid dienone is 1. The number of aryl methyl sites for hydroxylation is 1. The molecule has 3 N–H and O–H groups in total. The van der Waals surface area contributed by atoms with E-state index in [1.54, 1.807) is 41.3 Å². The molecule has 0 bridgehead atoms. The van der Waals surface area contributed by atoms with Crippen molar-refractivity contribution in [3.8, 4) is 5.75 Å². The SMILES string of the molecule is COC(=O)C1=C(N)N(c2cc(C)c(Cl)cc2OC)C2=C(C(=O)CCC2)C12C(=O)Nc1ccccc12. The number of fused-ring (bicyclic) bond motifs is 3. The second-order valence-electron chi connectivity index (χ2n) is 8.71. The van der Waals surface area contributed by atoms with E-state index in [1.807, 2.05) is 6.92 Å². The zero-order chi connectivity index (χ0) is 25.1. The number of ether oxygens (including phenoxy) is 2. The number of carbonyl (C=O) groups excluding carboxylic acids is 3. The Balaban J connectivity index is 1.92. The number of methoxy groups -OCH3 is 2. The standard InChI is InChI=1S/C26H24ClN3O5/c1-13-11-18(20(34-2)12-15(13)27)30-17-9-6-10-19(31)21(17)26(22(23(30)28)24(32)35-3)14-7-4-5-8-16(14)29-25(26)33/h4-5,7-8,11-12H,6,9-10,28H2,1-3H3,(H,29,33). The normalized spacial score (nSPS) is 21.2. The summed E-state index contributed by atoms with van der Waals surface area (Å²) in [4.78, 5) is 42.4. The first-order valence-corrected chi connectivity index (χ1v) is 11.6. The quantitative estimate of drug-likeness (QED) is 0.627. The fraction of sp³-hybridized carbons (Fsp3) is 0.269. The van der Waals surface area contributed by atoms with E-state index in [0.717, 1.165) is 5.56 Å². The van der Waals surface area contributed by atoms with Crippen LogP contribution in [-0.4, -0.2) is 31.9 Å². The van der Waals surface area contributed by atoms with E-state index >= 15 is 0 Å². The average molecular weight is 494 g/mol. The Morgan fingerprint density at radius 2 is 1.91 bits per heavy atom. The summed E-state index contributed by atoms with van der Waals surface area (Å²) >= 11 is 6.34. The maximum Gasteiger partial charge on any atom is 0.339 e. The third kappa shape index (κ3) is 3.02. The molecule has 0 saturated carbocycles. The maximum absolute atomic E-state index is 13.8. The van der Waals surface area contributed by atoms with Gasteiger partial charge < -0.3 is 20.5 Å². The number of ketones is 1. The van der Waals surface area contributed by atoms with Crippen LogP contribution in [0.2, 0.25) is 5.02 Å². The second kappa shape index (κ2) is 8.16. The zero-order valence-electron chi connectivity index (χ0n) is 19.5. The van der Waals surface area contributed by atoms with Gasteiger partial charge in [0.05, 0.1) is 19.9 Å². The number of anilines is 2. The van der Waals surface area contributed by atoms with Crippen molar-refractivity contribution < 1.29 is 23.9 Å². The van der Waals surface area contributed by atoms with Crippen LogP contribution in [0.4, 0.5) is 11.4 Å². The summed E-state index contributed by atoms with van der Waals surface area (Å²) in [7, 11) is 2.72. The number of hydrogen-bond donors (Lipinski definition) is 2. The lowest BCUT2D eigenvalue weighted by Gasteiger charge is -2.44. The van der Waals surface area contributed by atoms with E-state index in [1.165, 1.54) is 14.2 Å². The number of Topliss-reactive ketones (excluding diaryl/α,β-unsaturated/α-hetero) is 1. The van der Waals surface area contributed by atoms with E-state index in [0.29, 0.717) is 46.2 Å². The summed E-state index contributed by atoms with van der Waals surface area (Å²) in [5.41, 5.74) is 8.00. The van der Waals surface area contributed by atoms with E-state index < -0.39 is 17.3 Å². The van der Waals surface area contributed by atoms with E-state index in [9.17, 15) is 14.4 Å². The summed E-state index contributed by atoms with van der Waals surface area (Å²) in [5.74, 6) is -1.12. The van der Waals surface area contributed by atoms with Gasteiger partial charge in [-0.1, -0.05) is 29.8 Å². The summed E-state index contributed by atoms with van der Waals surface area (Å²) in [6, 6.07) is 10.4. The molecule has 2 aromatic carbocycles. The van der Waals surface area contributed by atoms with Gasteiger partial charge in [-0.2, -0.15) is 0 Å². The number of rotatable bonds is 3. The van der Waals surface area contributed by atoms with Crippen LogP contribution in [-0.2, 0) is 24.5 Å². The van der Waals surface area contributed by atoms with E-state index in [4.69, 9.17) is 26.8 Å². The Bertz CT molecular complexity index is 1380. The van der Waals surface area contributed by atoms with Gasteiger partial charge in [-0.25, -0.2) is 4.79 Å². The summed E-state index contributed by atoms with van der Waals surface area (Å²) in [6.07, 6.45) is 1.29. The molecule has 0 fully saturated rings. The van der Waals surface area contributed by atoms with Gasteiger partial charge in [0.2, 0.25) is 5.91 Å². The van der Waals surface area contributed by atoms with E-state index in [2.05, 4.69) is 5.32 Å². The fourth-order valence-electron chi connectivity index (χ4n) is 5.43. The number of hydrogen-bond acceptors (Lipinski definition) is 7. The molecule has 1 spiro atoms. The highest BCUT2D eigenvalue weighted by molar-refractivity contribution is 6.31. The number of para-hydroxylation sites is 1. The van der Waals surface area contributed by atoms with Crippen molar-refractivity contribution in [1.82, 2.24) is 0 Å². The number of amides is 1. The van der Waals surface area contributed by atoms with Gasteiger partial charge in [0.25, 0.3) is 0 Å². The number of nitrogens with one attached hydrogen (secondary N) is 1. The van der Waals surface area contributed by atoms with Crippen molar-refractivity contribution in [3.05, 3.63) is 75.2 Å². The third-order valence-corrected chi connectivity index (χ3v) is 7.32. The van der Waals surface area contributed by atoms with Crippen molar-refractivity contribution in [2.24, 2.45) is 5.73 Å². The first-order valence-electron chi connectivity index (χ1n) is 11.2. The molecule has 0 aromatic heterocycles. The Hall–Kier alpha value is -3.78. The Morgan fingerprint density at radius 1 is 1.17 bits per heavy atom. The van der Waals surface area contributed by atoms with Crippen LogP contribution in [0.1, 0.15) is 30.4 Å². The molecule has 9 heteroatoms. The first kappa shape index (κ1) is 23.0. The molecule has 2 aromatic rings. The van der Waals surface area contributed by atoms with Crippen LogP contribution < -0.4 is 20.7 Å². The minimum absolute atomic E-state index is 0.00262. The minimum atomic E-state index is -1.72. The highest BCUT2D eigenvalue weighted by Gasteiger charge is 2.62. The molecule has 1 atom stereocenters. The van der Waals surface area contributed by atoms with Gasteiger partial charge in [0.15, 0.2) is 5.78 Å². The highest BCUT2D eigenvalue weighted by Crippen LogP contribution is 2.56. The Labute approximate surface area is 207 Å². The van der Waals surface area contributed by atoms with Gasteiger partial charge >= 0.3 is 5.97 Å². The number of esters is 1.